The van der Waals surface area contributed by atoms with Gasteiger partial charge in [-0.05, 0) is 35.0 Å². The van der Waals surface area contributed by atoms with Crippen molar-refractivity contribution in [1.29, 1.82) is 0 Å². The van der Waals surface area contributed by atoms with Crippen molar-refractivity contribution < 1.29 is 5.11 Å². The summed E-state index contributed by atoms with van der Waals surface area (Å²) in [6.07, 6.45) is 1.79. The fraction of sp³-hybridized carbons (Fsp3) is 0.222. The average molecular weight is 243 g/mol. The molecule has 0 amide bonds. The van der Waals surface area contributed by atoms with E-state index in [9.17, 15) is 0 Å². The molecule has 0 saturated heterocycles. The summed E-state index contributed by atoms with van der Waals surface area (Å²) in [6, 6.07) is 4.12. The number of H-pyrrole nitrogens is 1. The maximum atomic E-state index is 7.00. The van der Waals surface area contributed by atoms with Crippen LogP contribution in [-0.2, 0) is 0 Å². The van der Waals surface area contributed by atoms with Crippen molar-refractivity contribution in [3.05, 3.63) is 28.5 Å². The number of halogens is 1. The number of aromatic amines is 1. The molecule has 0 aliphatic heterocycles. The van der Waals surface area contributed by atoms with Crippen LogP contribution >= 0.6 is 15.9 Å². The van der Waals surface area contributed by atoms with Gasteiger partial charge in [0.25, 0.3) is 0 Å². The molecule has 0 aliphatic rings. The highest BCUT2D eigenvalue weighted by molar-refractivity contribution is 9.10. The molecule has 13 heavy (non-hydrogen) atoms. The average Bonchev–Trinajstić information content (AvgIpc) is 2.48. The number of nitrogens with one attached hydrogen (secondary N) is 1. The molecular formula is C9H11BrN2O. The van der Waals surface area contributed by atoms with Gasteiger partial charge in [0.15, 0.2) is 0 Å². The lowest BCUT2D eigenvalue weighted by Crippen LogP contribution is -1.74. The van der Waals surface area contributed by atoms with E-state index in [0.29, 0.717) is 0 Å². The predicted molar refractivity (Wildman–Crippen MR) is 56.7 cm³/mol. The molecule has 0 fully saturated rings. The molecule has 2 heterocycles. The van der Waals surface area contributed by atoms with E-state index in [-0.39, 0.29) is 0 Å². The van der Waals surface area contributed by atoms with Crippen molar-refractivity contribution >= 4 is 27.0 Å². The van der Waals surface area contributed by atoms with Crippen molar-refractivity contribution in [2.24, 2.45) is 0 Å². The second-order valence-corrected chi connectivity index (χ2v) is 3.46. The van der Waals surface area contributed by atoms with Crippen LogP contribution in [0.4, 0.5) is 0 Å². The summed E-state index contributed by atoms with van der Waals surface area (Å²) in [6.45, 7) is 2.02. The Kier molecular flexibility index (Phi) is 3.45. The van der Waals surface area contributed by atoms with Crippen molar-refractivity contribution in [2.75, 3.05) is 7.11 Å². The summed E-state index contributed by atoms with van der Waals surface area (Å²) in [5.41, 5.74) is 2.09. The maximum Gasteiger partial charge on any atom is 0.137 e. The van der Waals surface area contributed by atoms with E-state index in [4.69, 9.17) is 5.11 Å². The number of aryl methyl sites for hydroxylation is 1. The Labute approximate surface area is 84.9 Å². The number of aromatic nitrogens is 2. The lowest BCUT2D eigenvalue weighted by atomic mass is 10.3. The van der Waals surface area contributed by atoms with Gasteiger partial charge in [-0.2, -0.15) is 0 Å². The number of hydrogen-bond acceptors (Lipinski definition) is 2. The first-order valence-electron chi connectivity index (χ1n) is 3.81. The van der Waals surface area contributed by atoms with Gasteiger partial charge in [-0.25, -0.2) is 4.98 Å². The summed E-state index contributed by atoms with van der Waals surface area (Å²) >= 11 is 3.37. The molecular weight excluding hydrogens is 232 g/mol. The zero-order chi connectivity index (χ0) is 9.84. The number of fused-ring (bicyclic) bond motifs is 1. The lowest BCUT2D eigenvalue weighted by molar-refractivity contribution is 0.399. The molecule has 0 bridgehead atoms. The molecule has 0 radical (unpaired) electrons. The standard InChI is InChI=1S/C8H7BrN2.CH4O/c1-5-2-6-3-7(9)4-10-8(6)11-5;1-2/h2-4H,1H3,(H,10,11);2H,1H3. The van der Waals surface area contributed by atoms with Crippen LogP contribution < -0.4 is 0 Å². The second kappa shape index (κ2) is 4.39. The smallest absolute Gasteiger partial charge is 0.137 e. The van der Waals surface area contributed by atoms with E-state index < -0.39 is 0 Å². The Hall–Kier alpha value is -0.870. The molecule has 0 aliphatic carbocycles. The first-order chi connectivity index (χ1) is 6.25. The molecule has 0 atom stereocenters. The predicted octanol–water partition coefficient (Wildman–Crippen LogP) is 2.24. The third-order valence-corrected chi connectivity index (χ3v) is 2.01. The van der Waals surface area contributed by atoms with Crippen LogP contribution in [0.2, 0.25) is 0 Å². The molecule has 4 heteroatoms. The van der Waals surface area contributed by atoms with Crippen LogP contribution in [0.1, 0.15) is 5.69 Å². The van der Waals surface area contributed by atoms with Gasteiger partial charge < -0.3 is 10.1 Å². The van der Waals surface area contributed by atoms with E-state index in [1.807, 2.05) is 13.0 Å². The van der Waals surface area contributed by atoms with Gasteiger partial charge in [-0.1, -0.05) is 0 Å². The van der Waals surface area contributed by atoms with Crippen molar-refractivity contribution in [3.63, 3.8) is 0 Å². The van der Waals surface area contributed by atoms with Crippen LogP contribution in [0.3, 0.4) is 0 Å². The van der Waals surface area contributed by atoms with E-state index in [0.717, 1.165) is 28.3 Å². The van der Waals surface area contributed by atoms with Gasteiger partial charge in [0.1, 0.15) is 5.65 Å². The second-order valence-electron chi connectivity index (χ2n) is 2.54. The van der Waals surface area contributed by atoms with Gasteiger partial charge in [0, 0.05) is 28.9 Å². The largest absolute Gasteiger partial charge is 0.400 e. The minimum atomic E-state index is 0.950. The lowest BCUT2D eigenvalue weighted by Gasteiger charge is -1.88. The molecule has 2 N–H and O–H groups in total. The number of pyridine rings is 1. The van der Waals surface area contributed by atoms with Crippen LogP contribution in [0, 0.1) is 6.92 Å². The summed E-state index contributed by atoms with van der Waals surface area (Å²) in [7, 11) is 1.00. The molecule has 2 aromatic heterocycles. The Morgan fingerprint density at radius 3 is 2.77 bits per heavy atom. The Bertz CT molecular complexity index is 397. The quantitative estimate of drug-likeness (QED) is 0.745. The highest BCUT2D eigenvalue weighted by atomic mass is 79.9. The molecule has 3 nitrogen and oxygen atoms in total. The molecule has 0 saturated carbocycles. The number of rotatable bonds is 0. The van der Waals surface area contributed by atoms with Gasteiger partial charge in [-0.3, -0.25) is 0 Å². The SMILES string of the molecule is CO.Cc1cc2cc(Br)cnc2[nH]1. The van der Waals surface area contributed by atoms with E-state index in [2.05, 4.69) is 32.0 Å². The van der Waals surface area contributed by atoms with E-state index in [1.165, 1.54) is 0 Å². The van der Waals surface area contributed by atoms with Crippen LogP contribution in [0.15, 0.2) is 22.8 Å². The summed E-state index contributed by atoms with van der Waals surface area (Å²) in [5.74, 6) is 0. The van der Waals surface area contributed by atoms with E-state index >= 15 is 0 Å². The molecule has 2 aromatic rings. The number of aliphatic hydroxyl groups excluding tert-OH is 1. The Morgan fingerprint density at radius 1 is 1.38 bits per heavy atom. The topological polar surface area (TPSA) is 48.9 Å². The number of hydrogen-bond donors (Lipinski definition) is 2. The third-order valence-electron chi connectivity index (χ3n) is 1.57. The zero-order valence-corrected chi connectivity index (χ0v) is 9.09. The molecule has 0 aromatic carbocycles. The Morgan fingerprint density at radius 2 is 2.08 bits per heavy atom. The minimum Gasteiger partial charge on any atom is -0.400 e. The monoisotopic (exact) mass is 242 g/mol. The van der Waals surface area contributed by atoms with Gasteiger partial charge in [-0.15, -0.1) is 0 Å². The van der Waals surface area contributed by atoms with Gasteiger partial charge in [0.05, 0.1) is 0 Å². The molecule has 0 unspecified atom stereocenters. The first kappa shape index (κ1) is 10.2. The van der Waals surface area contributed by atoms with Crippen LogP contribution in [0.25, 0.3) is 11.0 Å². The Balaban J connectivity index is 0.000000396. The van der Waals surface area contributed by atoms with Crippen molar-refractivity contribution in [1.82, 2.24) is 9.97 Å². The van der Waals surface area contributed by atoms with Crippen LogP contribution in [-0.4, -0.2) is 22.2 Å². The van der Waals surface area contributed by atoms with Crippen molar-refractivity contribution in [3.8, 4) is 0 Å². The number of nitrogens with zero attached hydrogens (tertiary/aromatic N) is 1. The van der Waals surface area contributed by atoms with Gasteiger partial charge in [0.2, 0.25) is 0 Å². The molecule has 70 valence electrons. The highest BCUT2D eigenvalue weighted by Crippen LogP contribution is 2.17. The fourth-order valence-corrected chi connectivity index (χ4v) is 1.47. The first-order valence-corrected chi connectivity index (χ1v) is 4.60. The summed E-state index contributed by atoms with van der Waals surface area (Å²) < 4.78 is 1.02. The fourth-order valence-electron chi connectivity index (χ4n) is 1.13. The highest BCUT2D eigenvalue weighted by Gasteiger charge is 1.97. The van der Waals surface area contributed by atoms with Gasteiger partial charge >= 0.3 is 0 Å². The molecule has 0 spiro atoms. The maximum absolute atomic E-state index is 7.00. The summed E-state index contributed by atoms with van der Waals surface area (Å²) in [4.78, 5) is 7.35. The molecule has 2 rings (SSSR count). The normalized spacial score (nSPS) is 9.54. The van der Waals surface area contributed by atoms with Crippen LogP contribution in [0.5, 0.6) is 0 Å². The van der Waals surface area contributed by atoms with E-state index in [1.54, 1.807) is 6.20 Å². The zero-order valence-electron chi connectivity index (χ0n) is 7.50. The third kappa shape index (κ3) is 2.29. The minimum absolute atomic E-state index is 0.950. The van der Waals surface area contributed by atoms with Crippen molar-refractivity contribution in [2.45, 2.75) is 6.92 Å². The summed E-state index contributed by atoms with van der Waals surface area (Å²) in [5, 5.41) is 8.15. The number of aliphatic hydroxyl groups is 1.